The zero-order valence-corrected chi connectivity index (χ0v) is 19.7. The van der Waals surface area contributed by atoms with Gasteiger partial charge in [0.2, 0.25) is 0 Å². The van der Waals surface area contributed by atoms with E-state index in [-0.39, 0.29) is 21.7 Å². The summed E-state index contributed by atoms with van der Waals surface area (Å²) in [7, 11) is 0. The summed E-state index contributed by atoms with van der Waals surface area (Å²) in [5.74, 6) is 0.0911. The van der Waals surface area contributed by atoms with Crippen LogP contribution in [0.4, 0.5) is 4.39 Å². The smallest absolute Gasteiger partial charge is 0.250 e. The number of hydrogen-bond donors (Lipinski definition) is 1. The van der Waals surface area contributed by atoms with Gasteiger partial charge in [0, 0.05) is 51.4 Å². The lowest BCUT2D eigenvalue weighted by atomic mass is 10.0. The summed E-state index contributed by atoms with van der Waals surface area (Å²) in [6.07, 6.45) is 5.24. The first-order valence-electron chi connectivity index (χ1n) is 11.4. The summed E-state index contributed by atoms with van der Waals surface area (Å²) in [5.41, 5.74) is 10.1. The fourth-order valence-electron chi connectivity index (χ4n) is 4.02. The second-order valence-electron chi connectivity index (χ2n) is 8.42. The molecule has 3 aromatic heterocycles. The number of halogens is 1. The van der Waals surface area contributed by atoms with Crippen LogP contribution in [0.1, 0.15) is 61.2 Å². The molecule has 0 radical (unpaired) electrons. The van der Waals surface area contributed by atoms with Crippen LogP contribution in [0.15, 0.2) is 58.1 Å². The van der Waals surface area contributed by atoms with Crippen molar-refractivity contribution in [2.24, 2.45) is 5.73 Å². The average Bonchev–Trinajstić information content (AvgIpc) is 3.31. The fourth-order valence-corrected chi connectivity index (χ4v) is 4.02. The Labute approximate surface area is 201 Å². The second-order valence-corrected chi connectivity index (χ2v) is 8.42. The summed E-state index contributed by atoms with van der Waals surface area (Å²) in [5, 5.41) is 4.16. The van der Waals surface area contributed by atoms with Gasteiger partial charge in [0.1, 0.15) is 17.2 Å². The molecule has 8 heteroatoms. The van der Waals surface area contributed by atoms with Crippen LogP contribution in [0.5, 0.6) is 0 Å². The highest BCUT2D eigenvalue weighted by Crippen LogP contribution is 2.30. The maximum absolute atomic E-state index is 14.1. The van der Waals surface area contributed by atoms with E-state index in [1.165, 1.54) is 6.07 Å². The zero-order valence-electron chi connectivity index (χ0n) is 19.7. The third-order valence-corrected chi connectivity index (χ3v) is 6.05. The molecule has 3 heterocycles. The molecule has 0 amide bonds. The van der Waals surface area contributed by atoms with Gasteiger partial charge >= 0.3 is 0 Å². The molecule has 0 saturated heterocycles. The average molecular weight is 468 g/mol. The molecule has 0 aliphatic carbocycles. The van der Waals surface area contributed by atoms with Crippen molar-refractivity contribution in [3.63, 3.8) is 0 Å². The number of benzene rings is 1. The Kier molecular flexibility index (Phi) is 6.70. The Morgan fingerprint density at radius 3 is 2.56 bits per heavy atom. The van der Waals surface area contributed by atoms with Gasteiger partial charge in [0.05, 0.1) is 17.6 Å². The topological polar surface area (TPSA) is 99.8 Å². The zero-order chi connectivity index (χ0) is 24.4. The molecule has 0 bridgehead atoms. The molecule has 4 rings (SSSR count). The first-order chi connectivity index (χ1) is 16.3. The lowest BCUT2D eigenvalue weighted by molar-refractivity contribution is 0.433. The van der Waals surface area contributed by atoms with Crippen molar-refractivity contribution in [1.82, 2.24) is 19.7 Å². The van der Waals surface area contributed by atoms with E-state index in [9.17, 15) is 9.18 Å². The fraction of sp³-hybridized carbons (Fsp3) is 0.308. The first-order valence-corrected chi connectivity index (χ1v) is 11.4. The highest BCUT2D eigenvalue weighted by atomic mass is 19.1. The van der Waals surface area contributed by atoms with Gasteiger partial charge in [0.15, 0.2) is 5.76 Å². The van der Waals surface area contributed by atoms with Crippen LogP contribution < -0.4 is 11.3 Å². The summed E-state index contributed by atoms with van der Waals surface area (Å²) in [6.45, 7) is 7.70. The summed E-state index contributed by atoms with van der Waals surface area (Å²) < 4.78 is 21.4. The Morgan fingerprint density at radius 1 is 1.12 bits per heavy atom. The van der Waals surface area contributed by atoms with Gasteiger partial charge in [-0.15, -0.1) is 0 Å². The van der Waals surface area contributed by atoms with E-state index in [4.69, 9.17) is 15.2 Å². The van der Waals surface area contributed by atoms with Crippen molar-refractivity contribution in [2.75, 3.05) is 0 Å². The molecule has 1 aromatic carbocycles. The van der Waals surface area contributed by atoms with Crippen molar-refractivity contribution >= 4 is 0 Å². The minimum absolute atomic E-state index is 0. The number of pyridine rings is 1. The molecule has 7 nitrogen and oxygen atoms in total. The second kappa shape index (κ2) is 9.69. The van der Waals surface area contributed by atoms with Gasteiger partial charge in [0.25, 0.3) is 5.56 Å². The molecular formula is C26H34FN5O2. The highest BCUT2D eigenvalue weighted by molar-refractivity contribution is 5.68. The minimum atomic E-state index is -0.445. The van der Waals surface area contributed by atoms with E-state index in [1.54, 1.807) is 48.0 Å². The van der Waals surface area contributed by atoms with Gasteiger partial charge in [-0.1, -0.05) is 19.0 Å². The molecule has 0 fully saturated rings. The van der Waals surface area contributed by atoms with Crippen LogP contribution in [0.2, 0.25) is 0 Å². The van der Waals surface area contributed by atoms with Gasteiger partial charge in [-0.3, -0.25) is 9.78 Å². The van der Waals surface area contributed by atoms with Crippen LogP contribution >= 0.6 is 0 Å². The van der Waals surface area contributed by atoms with Crippen molar-refractivity contribution in [2.45, 2.75) is 52.6 Å². The third kappa shape index (κ3) is 4.54. The van der Waals surface area contributed by atoms with Gasteiger partial charge in [-0.2, -0.15) is 0 Å². The molecule has 0 aliphatic rings. The maximum atomic E-state index is 14.1. The van der Waals surface area contributed by atoms with Crippen LogP contribution in [-0.4, -0.2) is 19.7 Å². The maximum Gasteiger partial charge on any atom is 0.250 e. The van der Waals surface area contributed by atoms with Crippen LogP contribution in [0, 0.1) is 12.7 Å². The monoisotopic (exact) mass is 467 g/mol. The standard InChI is InChI=1S/C26H28FN5O2.3H2/c1-5-19(6-2)32-14-18(8-10-25(32)33)23-13-29-16(4)26(30-23)24-12-22(31-34-24)17-7-9-21(27)20(11-17)15(3)28;;;/h7-15,19H,5-6,28H2,1-4H3;3*1H. The molecule has 0 aliphatic heterocycles. The third-order valence-electron chi connectivity index (χ3n) is 6.05. The Hall–Kier alpha value is -3.65. The summed E-state index contributed by atoms with van der Waals surface area (Å²) in [4.78, 5) is 21.7. The Bertz CT molecular complexity index is 1390. The van der Waals surface area contributed by atoms with E-state index in [2.05, 4.69) is 24.0 Å². The van der Waals surface area contributed by atoms with E-state index in [0.29, 0.717) is 39.7 Å². The quantitative estimate of drug-likeness (QED) is 0.348. The van der Waals surface area contributed by atoms with E-state index >= 15 is 0 Å². The minimum Gasteiger partial charge on any atom is -0.354 e. The largest absolute Gasteiger partial charge is 0.354 e. The van der Waals surface area contributed by atoms with Gasteiger partial charge in [-0.05, 0) is 51.0 Å². The predicted molar refractivity (Wildman–Crippen MR) is 136 cm³/mol. The highest BCUT2D eigenvalue weighted by Gasteiger charge is 2.17. The molecule has 2 N–H and O–H groups in total. The lowest BCUT2D eigenvalue weighted by Gasteiger charge is -2.17. The molecule has 182 valence electrons. The molecule has 34 heavy (non-hydrogen) atoms. The van der Waals surface area contributed by atoms with Crippen molar-refractivity contribution in [3.8, 4) is 34.0 Å². The molecule has 0 saturated carbocycles. The molecule has 1 unspecified atom stereocenters. The Morgan fingerprint density at radius 2 is 1.85 bits per heavy atom. The molecule has 1 atom stereocenters. The predicted octanol–water partition coefficient (Wildman–Crippen LogP) is 6.19. The number of nitrogens with zero attached hydrogens (tertiary/aromatic N) is 4. The van der Waals surface area contributed by atoms with E-state index in [0.717, 1.165) is 18.4 Å². The van der Waals surface area contributed by atoms with Gasteiger partial charge < -0.3 is 14.8 Å². The Balaban J connectivity index is 0.00000228. The van der Waals surface area contributed by atoms with Crippen LogP contribution in [0.3, 0.4) is 0 Å². The molecule has 0 spiro atoms. The van der Waals surface area contributed by atoms with E-state index < -0.39 is 6.04 Å². The number of rotatable bonds is 7. The van der Waals surface area contributed by atoms with Gasteiger partial charge in [-0.25, -0.2) is 9.37 Å². The van der Waals surface area contributed by atoms with Crippen molar-refractivity contribution in [1.29, 1.82) is 0 Å². The lowest BCUT2D eigenvalue weighted by Crippen LogP contribution is -2.23. The SMILES string of the molecule is CCC(CC)n1cc(-c2cnc(C)c(-c3cc(-c4ccc(F)c(C(C)N)c4)no3)n2)ccc1=O.[HH].[HH].[HH]. The number of aromatic nitrogens is 4. The number of aryl methyl sites for hydroxylation is 1. The normalized spacial score (nSPS) is 12.3. The van der Waals surface area contributed by atoms with Crippen LogP contribution in [-0.2, 0) is 0 Å². The van der Waals surface area contributed by atoms with Crippen molar-refractivity contribution < 1.29 is 13.2 Å². The molecule has 4 aromatic rings. The van der Waals surface area contributed by atoms with Crippen molar-refractivity contribution in [3.05, 3.63) is 76.2 Å². The number of hydrogen-bond acceptors (Lipinski definition) is 6. The summed E-state index contributed by atoms with van der Waals surface area (Å²) in [6, 6.07) is 9.44. The van der Waals surface area contributed by atoms with E-state index in [1.807, 2.05) is 13.1 Å². The van der Waals surface area contributed by atoms with Crippen LogP contribution in [0.25, 0.3) is 34.0 Å². The first kappa shape index (κ1) is 23.5. The summed E-state index contributed by atoms with van der Waals surface area (Å²) >= 11 is 0. The number of nitrogens with two attached hydrogens (primary N) is 1. The molecular weight excluding hydrogens is 433 g/mol.